The lowest BCUT2D eigenvalue weighted by Crippen LogP contribution is -2.20. The summed E-state index contributed by atoms with van der Waals surface area (Å²) in [6.07, 6.45) is 9.09. The van der Waals surface area contributed by atoms with E-state index in [0.717, 1.165) is 20.9 Å². The predicted octanol–water partition coefficient (Wildman–Crippen LogP) is 3.94. The van der Waals surface area contributed by atoms with Crippen molar-refractivity contribution in [3.8, 4) is 12.3 Å². The Balaban J connectivity index is 1.86. The second-order valence-electron chi connectivity index (χ2n) is 6.12. The van der Waals surface area contributed by atoms with Crippen molar-refractivity contribution in [2.75, 3.05) is 0 Å². The minimum atomic E-state index is -0.206. The van der Waals surface area contributed by atoms with E-state index in [0.29, 0.717) is 23.3 Å². The molecule has 0 radical (unpaired) electrons. The van der Waals surface area contributed by atoms with Crippen LogP contribution in [0.25, 0.3) is 21.8 Å². The monoisotopic (exact) mass is 418 g/mol. The minimum Gasteiger partial charge on any atom is -0.335 e. The maximum absolute atomic E-state index is 12.9. The Labute approximate surface area is 164 Å². The zero-order valence-electron chi connectivity index (χ0n) is 14.6. The zero-order chi connectivity index (χ0) is 19.0. The van der Waals surface area contributed by atoms with Gasteiger partial charge in [0.15, 0.2) is 0 Å². The molecule has 0 bridgehead atoms. The third-order valence-electron chi connectivity index (χ3n) is 4.36. The van der Waals surface area contributed by atoms with Gasteiger partial charge in [-0.1, -0.05) is 40.0 Å². The van der Waals surface area contributed by atoms with Gasteiger partial charge in [-0.2, -0.15) is 9.78 Å². The van der Waals surface area contributed by atoms with Crippen LogP contribution in [0, 0.1) is 19.3 Å². The molecule has 0 N–H and O–H groups in total. The van der Waals surface area contributed by atoms with Gasteiger partial charge in [0, 0.05) is 27.1 Å². The fourth-order valence-corrected chi connectivity index (χ4v) is 3.48. The van der Waals surface area contributed by atoms with E-state index in [1.54, 1.807) is 19.2 Å². The molecule has 0 saturated heterocycles. The topological polar surface area (TPSA) is 52.2 Å². The summed E-state index contributed by atoms with van der Waals surface area (Å²) in [5.41, 5.74) is 2.36. The number of para-hydroxylation sites is 1. The first-order valence-electron chi connectivity index (χ1n) is 8.33. The highest BCUT2D eigenvalue weighted by atomic mass is 79.9. The molecule has 0 unspecified atom stereocenters. The van der Waals surface area contributed by atoms with E-state index in [9.17, 15) is 4.79 Å². The van der Waals surface area contributed by atoms with Crippen LogP contribution >= 0.6 is 15.9 Å². The van der Waals surface area contributed by atoms with Crippen molar-refractivity contribution < 1.29 is 0 Å². The van der Waals surface area contributed by atoms with Crippen LogP contribution in [0.1, 0.15) is 11.4 Å². The van der Waals surface area contributed by atoms with Gasteiger partial charge in [-0.05, 0) is 31.2 Å². The van der Waals surface area contributed by atoms with E-state index in [4.69, 9.17) is 6.42 Å². The average molecular weight is 419 g/mol. The van der Waals surface area contributed by atoms with Gasteiger partial charge >= 0.3 is 0 Å². The van der Waals surface area contributed by atoms with Crippen molar-refractivity contribution in [3.63, 3.8) is 0 Å². The summed E-state index contributed by atoms with van der Waals surface area (Å²) in [6, 6.07) is 13.4. The molecule has 0 aliphatic rings. The van der Waals surface area contributed by atoms with E-state index in [-0.39, 0.29) is 5.56 Å². The molecule has 0 aliphatic heterocycles. The van der Waals surface area contributed by atoms with Gasteiger partial charge < -0.3 is 4.57 Å². The summed E-state index contributed by atoms with van der Waals surface area (Å²) in [6.45, 7) is 2.24. The quantitative estimate of drug-likeness (QED) is 0.373. The summed E-state index contributed by atoms with van der Waals surface area (Å²) >= 11 is 3.40. The maximum Gasteiger partial charge on any atom is 0.282 e. The van der Waals surface area contributed by atoms with Crippen LogP contribution in [0.4, 0.5) is 0 Å². The molecular weight excluding hydrogens is 404 g/mol. The number of hydrogen-bond donors (Lipinski definition) is 0. The molecule has 2 aromatic heterocycles. The number of aryl methyl sites for hydroxylation is 1. The lowest BCUT2D eigenvalue weighted by atomic mass is 10.2. The van der Waals surface area contributed by atoms with E-state index >= 15 is 0 Å². The molecular formula is C21H15BrN4O. The first kappa shape index (κ1) is 17.3. The van der Waals surface area contributed by atoms with Crippen molar-refractivity contribution in [1.82, 2.24) is 14.2 Å². The van der Waals surface area contributed by atoms with Crippen LogP contribution in [-0.2, 0) is 6.54 Å². The third kappa shape index (κ3) is 3.07. The summed E-state index contributed by atoms with van der Waals surface area (Å²) in [4.78, 5) is 17.3. The van der Waals surface area contributed by atoms with E-state index < -0.39 is 0 Å². The fourth-order valence-electron chi connectivity index (χ4n) is 3.12. The van der Waals surface area contributed by atoms with Crippen molar-refractivity contribution in [2.24, 2.45) is 5.10 Å². The van der Waals surface area contributed by atoms with Gasteiger partial charge in [-0.3, -0.25) is 4.79 Å². The molecule has 132 valence electrons. The summed E-state index contributed by atoms with van der Waals surface area (Å²) < 4.78 is 4.13. The standard InChI is InChI=1S/C21H15BrN4O/c1-3-10-25-13-15(17-6-4-5-7-20(17)25)12-23-26-14(2)24-19-9-8-16(22)11-18(19)21(26)27/h1,4-9,11-13H,10H2,2H3. The zero-order valence-corrected chi connectivity index (χ0v) is 16.1. The molecule has 2 heterocycles. The van der Waals surface area contributed by atoms with Gasteiger partial charge in [0.25, 0.3) is 5.56 Å². The molecule has 0 aliphatic carbocycles. The van der Waals surface area contributed by atoms with Crippen molar-refractivity contribution in [1.29, 1.82) is 0 Å². The molecule has 0 spiro atoms. The Hall–Kier alpha value is -3.17. The maximum atomic E-state index is 12.9. The summed E-state index contributed by atoms with van der Waals surface area (Å²) in [5, 5.41) is 5.96. The van der Waals surface area contributed by atoms with E-state index in [1.165, 1.54) is 4.68 Å². The Kier molecular flexibility index (Phi) is 4.38. The number of nitrogens with zero attached hydrogens (tertiary/aromatic N) is 4. The summed E-state index contributed by atoms with van der Waals surface area (Å²) in [5.74, 6) is 3.18. The molecule has 27 heavy (non-hydrogen) atoms. The van der Waals surface area contributed by atoms with Crippen LogP contribution in [0.2, 0.25) is 0 Å². The fraction of sp³-hybridized carbons (Fsp3) is 0.0952. The van der Waals surface area contributed by atoms with Gasteiger partial charge in [0.1, 0.15) is 5.82 Å². The number of benzene rings is 2. The largest absolute Gasteiger partial charge is 0.335 e. The molecule has 2 aromatic carbocycles. The highest BCUT2D eigenvalue weighted by molar-refractivity contribution is 9.10. The number of hydrogen-bond acceptors (Lipinski definition) is 3. The highest BCUT2D eigenvalue weighted by Crippen LogP contribution is 2.20. The van der Waals surface area contributed by atoms with Crippen molar-refractivity contribution >= 4 is 44.0 Å². The molecule has 0 amide bonds. The number of rotatable bonds is 3. The van der Waals surface area contributed by atoms with Crippen molar-refractivity contribution in [2.45, 2.75) is 13.5 Å². The van der Waals surface area contributed by atoms with Crippen LogP contribution in [0.15, 0.2) is 63.0 Å². The first-order chi connectivity index (χ1) is 13.1. The number of halogens is 1. The third-order valence-corrected chi connectivity index (χ3v) is 4.86. The lowest BCUT2D eigenvalue weighted by molar-refractivity contribution is 0.770. The van der Waals surface area contributed by atoms with Gasteiger partial charge in [0.05, 0.1) is 23.7 Å². The Morgan fingerprint density at radius 3 is 2.89 bits per heavy atom. The first-order valence-corrected chi connectivity index (χ1v) is 9.12. The molecule has 0 atom stereocenters. The smallest absolute Gasteiger partial charge is 0.282 e. The van der Waals surface area contributed by atoms with Gasteiger partial charge in [-0.25, -0.2) is 4.98 Å². The van der Waals surface area contributed by atoms with Crippen LogP contribution in [0.5, 0.6) is 0 Å². The normalized spacial score (nSPS) is 11.4. The number of fused-ring (bicyclic) bond motifs is 2. The second kappa shape index (κ2) is 6.86. The van der Waals surface area contributed by atoms with Crippen LogP contribution in [0.3, 0.4) is 0 Å². The van der Waals surface area contributed by atoms with E-state index in [1.807, 2.05) is 47.2 Å². The minimum absolute atomic E-state index is 0.206. The van der Waals surface area contributed by atoms with Crippen LogP contribution in [-0.4, -0.2) is 20.4 Å². The number of terminal acetylenes is 1. The molecule has 6 heteroatoms. The molecule has 4 aromatic rings. The Morgan fingerprint density at radius 1 is 1.26 bits per heavy atom. The summed E-state index contributed by atoms with van der Waals surface area (Å²) in [7, 11) is 0. The molecule has 0 saturated carbocycles. The predicted molar refractivity (Wildman–Crippen MR) is 112 cm³/mol. The molecule has 0 fully saturated rings. The van der Waals surface area contributed by atoms with Gasteiger partial charge in [0.2, 0.25) is 0 Å². The molecule has 5 nitrogen and oxygen atoms in total. The SMILES string of the molecule is C#CCn1cc(C=Nn2c(C)nc3ccc(Br)cc3c2=O)c2ccccc21. The van der Waals surface area contributed by atoms with E-state index in [2.05, 4.69) is 31.9 Å². The van der Waals surface area contributed by atoms with Crippen LogP contribution < -0.4 is 5.56 Å². The van der Waals surface area contributed by atoms with Crippen molar-refractivity contribution in [3.05, 3.63) is 74.9 Å². The molecule has 4 rings (SSSR count). The second-order valence-corrected chi connectivity index (χ2v) is 7.03. The Morgan fingerprint density at radius 2 is 2.07 bits per heavy atom. The number of aromatic nitrogens is 3. The van der Waals surface area contributed by atoms with Gasteiger partial charge in [-0.15, -0.1) is 6.42 Å². The lowest BCUT2D eigenvalue weighted by Gasteiger charge is -2.05. The Bertz CT molecular complexity index is 1310. The average Bonchev–Trinajstić information content (AvgIpc) is 3.01. The highest BCUT2D eigenvalue weighted by Gasteiger charge is 2.09.